The van der Waals surface area contributed by atoms with Crippen molar-refractivity contribution in [3.63, 3.8) is 0 Å². The molecule has 0 bridgehead atoms. The number of piperazine rings is 1. The number of likely N-dealkylation sites (N-methyl/N-ethyl adjacent to an activating group) is 1. The van der Waals surface area contributed by atoms with E-state index in [1.54, 1.807) is 6.92 Å². The van der Waals surface area contributed by atoms with E-state index in [9.17, 15) is 9.59 Å². The molecule has 1 aromatic rings. The molecule has 138 valence electrons. The summed E-state index contributed by atoms with van der Waals surface area (Å²) in [6.45, 7) is 6.97. The van der Waals surface area contributed by atoms with Crippen LogP contribution < -0.4 is 11.1 Å². The van der Waals surface area contributed by atoms with Gasteiger partial charge in [-0.05, 0) is 31.2 Å². The number of rotatable bonds is 6. The van der Waals surface area contributed by atoms with Crippen LogP contribution in [-0.4, -0.2) is 60.9 Å². The molecule has 6 heteroatoms. The number of hydrogen-bond acceptors (Lipinski definition) is 4. The molecule has 6 nitrogen and oxygen atoms in total. The second kappa shape index (κ2) is 8.85. The highest BCUT2D eigenvalue weighted by Crippen LogP contribution is 2.26. The second-order valence-corrected chi connectivity index (χ2v) is 6.71. The Morgan fingerprint density at radius 1 is 1.12 bits per heavy atom. The highest BCUT2D eigenvalue weighted by molar-refractivity contribution is 5.88. The molecular formula is C19H30N4O2. The predicted molar refractivity (Wildman–Crippen MR) is 100 cm³/mol. The van der Waals surface area contributed by atoms with Crippen molar-refractivity contribution < 1.29 is 9.59 Å². The lowest BCUT2D eigenvalue weighted by atomic mass is 9.87. The standard InChI is InChI=1S/C19H30N4O2/c1-4-16(14-6-8-15(20)9-7-14)18(21-17(24)5-2)19(25)23-12-10-22(3)11-13-23/h6-9,16,18H,4-5,10-13,20H2,1-3H3,(H,21,24)/t16-,18+/m0/s1. The van der Waals surface area contributed by atoms with Gasteiger partial charge in [0.1, 0.15) is 6.04 Å². The van der Waals surface area contributed by atoms with Gasteiger partial charge >= 0.3 is 0 Å². The molecule has 0 unspecified atom stereocenters. The maximum atomic E-state index is 13.2. The fourth-order valence-corrected chi connectivity index (χ4v) is 3.24. The van der Waals surface area contributed by atoms with Crippen LogP contribution in [-0.2, 0) is 9.59 Å². The number of amides is 2. The number of nitrogens with zero attached hydrogens (tertiary/aromatic N) is 2. The van der Waals surface area contributed by atoms with E-state index in [0.717, 1.165) is 25.1 Å². The summed E-state index contributed by atoms with van der Waals surface area (Å²) in [4.78, 5) is 29.3. The first-order valence-corrected chi connectivity index (χ1v) is 9.08. The third kappa shape index (κ3) is 4.95. The van der Waals surface area contributed by atoms with Crippen molar-refractivity contribution in [3.05, 3.63) is 29.8 Å². The Morgan fingerprint density at radius 3 is 2.24 bits per heavy atom. The summed E-state index contributed by atoms with van der Waals surface area (Å²) in [5, 5.41) is 2.96. The molecule has 1 aliphatic heterocycles. The first kappa shape index (κ1) is 19.2. The summed E-state index contributed by atoms with van der Waals surface area (Å²) in [5.41, 5.74) is 7.51. The van der Waals surface area contributed by atoms with Crippen LogP contribution in [0.4, 0.5) is 5.69 Å². The normalized spacial score (nSPS) is 17.8. The summed E-state index contributed by atoms with van der Waals surface area (Å²) in [5.74, 6) is -0.150. The lowest BCUT2D eigenvalue weighted by Gasteiger charge is -2.37. The minimum atomic E-state index is -0.538. The molecule has 1 saturated heterocycles. The number of carbonyl (C=O) groups excluding carboxylic acids is 2. The maximum Gasteiger partial charge on any atom is 0.245 e. The van der Waals surface area contributed by atoms with Crippen LogP contribution in [0.1, 0.15) is 38.2 Å². The zero-order valence-electron chi connectivity index (χ0n) is 15.5. The summed E-state index contributed by atoms with van der Waals surface area (Å²) >= 11 is 0. The number of hydrogen-bond donors (Lipinski definition) is 2. The third-order valence-corrected chi connectivity index (χ3v) is 4.93. The van der Waals surface area contributed by atoms with Gasteiger partial charge in [0.05, 0.1) is 0 Å². The Kier molecular flexibility index (Phi) is 6.82. The Hall–Kier alpha value is -2.08. The molecular weight excluding hydrogens is 316 g/mol. The molecule has 0 saturated carbocycles. The molecule has 3 N–H and O–H groups in total. The lowest BCUT2D eigenvalue weighted by Crippen LogP contribution is -2.56. The predicted octanol–water partition coefficient (Wildman–Crippen LogP) is 1.43. The lowest BCUT2D eigenvalue weighted by molar-refractivity contribution is -0.138. The monoisotopic (exact) mass is 346 g/mol. The fraction of sp³-hybridized carbons (Fsp3) is 0.579. The van der Waals surface area contributed by atoms with E-state index in [1.807, 2.05) is 36.1 Å². The molecule has 1 aromatic carbocycles. The number of anilines is 1. The van der Waals surface area contributed by atoms with Gasteiger partial charge in [0.25, 0.3) is 0 Å². The minimum absolute atomic E-state index is 0.0126. The highest BCUT2D eigenvalue weighted by Gasteiger charge is 2.33. The van der Waals surface area contributed by atoms with Crippen molar-refractivity contribution in [2.75, 3.05) is 39.0 Å². The van der Waals surface area contributed by atoms with Gasteiger partial charge < -0.3 is 20.9 Å². The van der Waals surface area contributed by atoms with Crippen LogP contribution in [0.15, 0.2) is 24.3 Å². The van der Waals surface area contributed by atoms with Crippen LogP contribution in [0.5, 0.6) is 0 Å². The van der Waals surface area contributed by atoms with Gasteiger partial charge in [-0.3, -0.25) is 9.59 Å². The molecule has 2 atom stereocenters. The molecule has 0 aliphatic carbocycles. The van der Waals surface area contributed by atoms with Crippen molar-refractivity contribution in [2.24, 2.45) is 0 Å². The Balaban J connectivity index is 2.24. The number of nitrogens with two attached hydrogens (primary N) is 1. The summed E-state index contributed by atoms with van der Waals surface area (Å²) < 4.78 is 0. The van der Waals surface area contributed by atoms with Crippen molar-refractivity contribution in [1.29, 1.82) is 0 Å². The van der Waals surface area contributed by atoms with E-state index in [4.69, 9.17) is 5.73 Å². The van der Waals surface area contributed by atoms with E-state index in [1.165, 1.54) is 0 Å². The van der Waals surface area contributed by atoms with Crippen molar-refractivity contribution in [2.45, 2.75) is 38.6 Å². The topological polar surface area (TPSA) is 78.7 Å². The molecule has 2 amide bonds. The van der Waals surface area contributed by atoms with E-state index < -0.39 is 6.04 Å². The van der Waals surface area contributed by atoms with Crippen LogP contribution in [0.3, 0.4) is 0 Å². The Labute approximate surface area is 150 Å². The smallest absolute Gasteiger partial charge is 0.245 e. The molecule has 25 heavy (non-hydrogen) atoms. The van der Waals surface area contributed by atoms with Gasteiger partial charge in [-0.2, -0.15) is 0 Å². The Morgan fingerprint density at radius 2 is 1.72 bits per heavy atom. The average Bonchev–Trinajstić information content (AvgIpc) is 2.62. The van der Waals surface area contributed by atoms with E-state index in [0.29, 0.717) is 25.2 Å². The zero-order valence-corrected chi connectivity index (χ0v) is 15.5. The highest BCUT2D eigenvalue weighted by atomic mass is 16.2. The van der Waals surface area contributed by atoms with Crippen molar-refractivity contribution >= 4 is 17.5 Å². The van der Waals surface area contributed by atoms with E-state index in [2.05, 4.69) is 17.3 Å². The maximum absolute atomic E-state index is 13.2. The summed E-state index contributed by atoms with van der Waals surface area (Å²) in [7, 11) is 2.06. The van der Waals surface area contributed by atoms with Crippen LogP contribution in [0, 0.1) is 0 Å². The average molecular weight is 346 g/mol. The van der Waals surface area contributed by atoms with Gasteiger partial charge in [0.2, 0.25) is 11.8 Å². The fourth-order valence-electron chi connectivity index (χ4n) is 3.24. The van der Waals surface area contributed by atoms with Gasteiger partial charge in [-0.25, -0.2) is 0 Å². The van der Waals surface area contributed by atoms with Gasteiger partial charge in [0.15, 0.2) is 0 Å². The summed E-state index contributed by atoms with van der Waals surface area (Å²) in [6, 6.07) is 7.05. The van der Waals surface area contributed by atoms with E-state index >= 15 is 0 Å². The summed E-state index contributed by atoms with van der Waals surface area (Å²) in [6.07, 6.45) is 1.13. The van der Waals surface area contributed by atoms with Crippen LogP contribution >= 0.6 is 0 Å². The first-order chi connectivity index (χ1) is 12.0. The number of nitrogens with one attached hydrogen (secondary N) is 1. The van der Waals surface area contributed by atoms with Crippen molar-refractivity contribution in [3.8, 4) is 0 Å². The molecule has 2 rings (SSSR count). The van der Waals surface area contributed by atoms with Crippen LogP contribution in [0.2, 0.25) is 0 Å². The first-order valence-electron chi connectivity index (χ1n) is 9.08. The molecule has 0 spiro atoms. The molecule has 0 radical (unpaired) electrons. The molecule has 1 aliphatic rings. The van der Waals surface area contributed by atoms with Gasteiger partial charge in [-0.15, -0.1) is 0 Å². The SMILES string of the molecule is CCC(=O)N[C@@H](C(=O)N1CCN(C)CC1)[C@@H](CC)c1ccc(N)cc1. The number of carbonyl (C=O) groups is 2. The molecule has 1 fully saturated rings. The van der Waals surface area contributed by atoms with Crippen LogP contribution in [0.25, 0.3) is 0 Å². The third-order valence-electron chi connectivity index (χ3n) is 4.93. The van der Waals surface area contributed by atoms with Gasteiger partial charge in [-0.1, -0.05) is 26.0 Å². The minimum Gasteiger partial charge on any atom is -0.399 e. The number of benzene rings is 1. The Bertz CT molecular complexity index is 580. The van der Waals surface area contributed by atoms with Gasteiger partial charge in [0, 0.05) is 44.2 Å². The zero-order chi connectivity index (χ0) is 18.4. The second-order valence-electron chi connectivity index (χ2n) is 6.71. The largest absolute Gasteiger partial charge is 0.399 e. The number of nitrogen functional groups attached to an aromatic ring is 1. The molecule has 1 heterocycles. The quantitative estimate of drug-likeness (QED) is 0.764. The van der Waals surface area contributed by atoms with E-state index in [-0.39, 0.29) is 17.7 Å². The van der Waals surface area contributed by atoms with Crippen molar-refractivity contribution in [1.82, 2.24) is 15.1 Å². The molecule has 0 aromatic heterocycles.